The van der Waals surface area contributed by atoms with E-state index in [4.69, 9.17) is 0 Å². The fourth-order valence-electron chi connectivity index (χ4n) is 2.89. The van der Waals surface area contributed by atoms with E-state index in [-0.39, 0.29) is 0 Å². The molecule has 0 saturated heterocycles. The highest BCUT2D eigenvalue weighted by molar-refractivity contribution is 5.35. The lowest BCUT2D eigenvalue weighted by atomic mass is 9.96. The lowest BCUT2D eigenvalue weighted by Gasteiger charge is -2.23. The van der Waals surface area contributed by atoms with Crippen LogP contribution >= 0.6 is 0 Å². The minimum absolute atomic E-state index is 0.411. The first-order valence-corrected chi connectivity index (χ1v) is 7.18. The van der Waals surface area contributed by atoms with Crippen LogP contribution < -0.4 is 5.32 Å². The first-order chi connectivity index (χ1) is 8.66. The summed E-state index contributed by atoms with van der Waals surface area (Å²) in [5.41, 5.74) is 2.23. The molecule has 0 heterocycles. The molecular formula is C16H25NO. The zero-order chi connectivity index (χ0) is 13.0. The van der Waals surface area contributed by atoms with Gasteiger partial charge in [0.2, 0.25) is 0 Å². The van der Waals surface area contributed by atoms with Crippen LogP contribution in [0, 0.1) is 12.8 Å². The van der Waals surface area contributed by atoms with Crippen molar-refractivity contribution in [1.82, 2.24) is 5.32 Å². The molecule has 0 aromatic heterocycles. The van der Waals surface area contributed by atoms with Gasteiger partial charge in [-0.25, -0.2) is 0 Å². The second-order valence-corrected chi connectivity index (χ2v) is 5.73. The maximum Gasteiger partial charge on any atom is 0.120 e. The van der Waals surface area contributed by atoms with E-state index < -0.39 is 0 Å². The Morgan fingerprint density at radius 2 is 2.00 bits per heavy atom. The third-order valence-electron chi connectivity index (χ3n) is 4.15. The molecule has 100 valence electrons. The molecule has 2 nitrogen and oxygen atoms in total. The number of phenols is 1. The van der Waals surface area contributed by atoms with Gasteiger partial charge in [-0.2, -0.15) is 0 Å². The van der Waals surface area contributed by atoms with E-state index in [1.807, 2.05) is 6.07 Å². The Labute approximate surface area is 110 Å². The van der Waals surface area contributed by atoms with Crippen LogP contribution in [0.3, 0.4) is 0 Å². The summed E-state index contributed by atoms with van der Waals surface area (Å²) >= 11 is 0. The van der Waals surface area contributed by atoms with Gasteiger partial charge in [0, 0.05) is 18.2 Å². The van der Waals surface area contributed by atoms with Crippen molar-refractivity contribution in [3.63, 3.8) is 0 Å². The van der Waals surface area contributed by atoms with Gasteiger partial charge in [-0.15, -0.1) is 0 Å². The first kappa shape index (κ1) is 13.4. The van der Waals surface area contributed by atoms with Crippen LogP contribution in [-0.2, 0) is 6.54 Å². The Hall–Kier alpha value is -1.02. The zero-order valence-corrected chi connectivity index (χ0v) is 11.6. The van der Waals surface area contributed by atoms with Gasteiger partial charge >= 0.3 is 0 Å². The first-order valence-electron chi connectivity index (χ1n) is 7.18. The molecule has 2 N–H and O–H groups in total. The van der Waals surface area contributed by atoms with Crippen LogP contribution in [0.4, 0.5) is 0 Å². The third kappa shape index (κ3) is 3.49. The number of nitrogens with one attached hydrogen (secondary N) is 1. The number of rotatable bonds is 3. The topological polar surface area (TPSA) is 32.3 Å². The van der Waals surface area contributed by atoms with Gasteiger partial charge in [-0.05, 0) is 31.7 Å². The molecule has 2 unspecified atom stereocenters. The van der Waals surface area contributed by atoms with Crippen LogP contribution in [0.5, 0.6) is 5.75 Å². The molecular weight excluding hydrogens is 222 g/mol. The van der Waals surface area contributed by atoms with Gasteiger partial charge in [0.1, 0.15) is 5.75 Å². The molecule has 0 bridgehead atoms. The second-order valence-electron chi connectivity index (χ2n) is 5.73. The summed E-state index contributed by atoms with van der Waals surface area (Å²) in [7, 11) is 0. The van der Waals surface area contributed by atoms with Crippen molar-refractivity contribution in [2.24, 2.45) is 5.92 Å². The van der Waals surface area contributed by atoms with Gasteiger partial charge < -0.3 is 10.4 Å². The van der Waals surface area contributed by atoms with E-state index in [1.54, 1.807) is 6.07 Å². The Morgan fingerprint density at radius 1 is 1.22 bits per heavy atom. The van der Waals surface area contributed by atoms with Gasteiger partial charge in [0.05, 0.1) is 0 Å². The Kier molecular flexibility index (Phi) is 4.65. The monoisotopic (exact) mass is 247 g/mol. The molecule has 2 rings (SSSR count). The normalized spacial score (nSPS) is 24.8. The van der Waals surface area contributed by atoms with E-state index >= 15 is 0 Å². The Balaban J connectivity index is 1.95. The van der Waals surface area contributed by atoms with Crippen molar-refractivity contribution in [2.45, 2.75) is 58.5 Å². The summed E-state index contributed by atoms with van der Waals surface area (Å²) in [6, 6.07) is 6.42. The molecule has 1 aliphatic rings. The van der Waals surface area contributed by atoms with Crippen molar-refractivity contribution < 1.29 is 5.11 Å². The lowest BCUT2D eigenvalue weighted by molar-refractivity contribution is 0.353. The number of hydrogen-bond acceptors (Lipinski definition) is 2. The van der Waals surface area contributed by atoms with Crippen molar-refractivity contribution >= 4 is 0 Å². The van der Waals surface area contributed by atoms with E-state index in [9.17, 15) is 5.11 Å². The summed E-state index contributed by atoms with van der Waals surface area (Å²) < 4.78 is 0. The highest BCUT2D eigenvalue weighted by Crippen LogP contribution is 2.24. The Morgan fingerprint density at radius 3 is 2.83 bits per heavy atom. The molecule has 0 radical (unpaired) electrons. The summed E-state index contributed by atoms with van der Waals surface area (Å²) in [5, 5.41) is 13.5. The molecule has 0 aliphatic heterocycles. The molecule has 2 atom stereocenters. The number of aromatic hydroxyl groups is 1. The molecule has 18 heavy (non-hydrogen) atoms. The van der Waals surface area contributed by atoms with Crippen molar-refractivity contribution in [3.05, 3.63) is 29.3 Å². The number of phenolic OH excluding ortho intramolecular Hbond substituents is 1. The van der Waals surface area contributed by atoms with Gasteiger partial charge in [0.25, 0.3) is 0 Å². The Bertz CT molecular complexity index is 389. The van der Waals surface area contributed by atoms with E-state index in [0.717, 1.165) is 18.0 Å². The van der Waals surface area contributed by atoms with Crippen LogP contribution in [-0.4, -0.2) is 11.1 Å². The predicted molar refractivity (Wildman–Crippen MR) is 75.7 cm³/mol. The molecule has 1 saturated carbocycles. The molecule has 1 aliphatic carbocycles. The van der Waals surface area contributed by atoms with Gasteiger partial charge in [-0.3, -0.25) is 0 Å². The summed E-state index contributed by atoms with van der Waals surface area (Å²) in [5.74, 6) is 1.16. The van der Waals surface area contributed by atoms with Gasteiger partial charge in [0.15, 0.2) is 0 Å². The van der Waals surface area contributed by atoms with Crippen LogP contribution in [0.1, 0.15) is 50.2 Å². The number of benzene rings is 1. The summed E-state index contributed by atoms with van der Waals surface area (Å²) in [4.78, 5) is 0. The van der Waals surface area contributed by atoms with Crippen molar-refractivity contribution in [2.75, 3.05) is 0 Å². The quantitative estimate of drug-likeness (QED) is 0.797. The second kappa shape index (κ2) is 6.24. The average Bonchev–Trinajstić information content (AvgIpc) is 2.55. The molecule has 2 heteroatoms. The molecule has 0 amide bonds. The lowest BCUT2D eigenvalue weighted by Crippen LogP contribution is -2.33. The third-order valence-corrected chi connectivity index (χ3v) is 4.15. The predicted octanol–water partition coefficient (Wildman–Crippen LogP) is 3.76. The van der Waals surface area contributed by atoms with Crippen LogP contribution in [0.15, 0.2) is 18.2 Å². The van der Waals surface area contributed by atoms with Crippen molar-refractivity contribution in [3.8, 4) is 5.75 Å². The zero-order valence-electron chi connectivity index (χ0n) is 11.6. The fraction of sp³-hybridized carbons (Fsp3) is 0.625. The molecule has 0 spiro atoms. The standard InChI is InChI=1S/C16H25NO/c1-12-8-9-16(18)14(10-12)11-17-15-7-5-3-4-6-13(15)2/h8-10,13,15,17-18H,3-7,11H2,1-2H3. The van der Waals surface area contributed by atoms with Crippen LogP contribution in [0.2, 0.25) is 0 Å². The largest absolute Gasteiger partial charge is 0.508 e. The SMILES string of the molecule is Cc1ccc(O)c(CNC2CCCCCC2C)c1. The summed E-state index contributed by atoms with van der Waals surface area (Å²) in [6.45, 7) is 5.19. The number of aryl methyl sites for hydroxylation is 1. The van der Waals surface area contributed by atoms with Crippen LogP contribution in [0.25, 0.3) is 0 Å². The van der Waals surface area contributed by atoms with E-state index in [1.165, 1.54) is 37.7 Å². The number of hydrogen-bond donors (Lipinski definition) is 2. The van der Waals surface area contributed by atoms with Crippen molar-refractivity contribution in [1.29, 1.82) is 0 Å². The molecule has 1 fully saturated rings. The summed E-state index contributed by atoms with van der Waals surface area (Å²) in [6.07, 6.45) is 6.68. The molecule has 1 aromatic carbocycles. The fourth-order valence-corrected chi connectivity index (χ4v) is 2.89. The van der Waals surface area contributed by atoms with E-state index in [2.05, 4.69) is 25.2 Å². The maximum atomic E-state index is 9.85. The maximum absolute atomic E-state index is 9.85. The van der Waals surface area contributed by atoms with Gasteiger partial charge in [-0.1, -0.05) is 43.9 Å². The highest BCUT2D eigenvalue weighted by Gasteiger charge is 2.19. The minimum Gasteiger partial charge on any atom is -0.508 e. The average molecular weight is 247 g/mol. The molecule has 1 aromatic rings. The highest BCUT2D eigenvalue weighted by atomic mass is 16.3. The van der Waals surface area contributed by atoms with E-state index in [0.29, 0.717) is 11.8 Å². The minimum atomic E-state index is 0.411. The smallest absolute Gasteiger partial charge is 0.120 e.